The highest BCUT2D eigenvalue weighted by Gasteiger charge is 2.45. The second-order valence-electron chi connectivity index (χ2n) is 19.2. The summed E-state index contributed by atoms with van der Waals surface area (Å²) in [6.45, 7) is -0.0158. The summed E-state index contributed by atoms with van der Waals surface area (Å²) in [7, 11) is 0. The van der Waals surface area contributed by atoms with E-state index in [9.17, 15) is 0 Å². The molecule has 0 saturated carbocycles. The van der Waals surface area contributed by atoms with E-state index in [2.05, 4.69) is 265 Å². The molecule has 0 aromatic heterocycles. The van der Waals surface area contributed by atoms with Crippen LogP contribution in [0.5, 0.6) is 23.0 Å². The maximum Gasteiger partial charge on any atom is 0.249 e. The third-order valence-corrected chi connectivity index (χ3v) is 17.1. The zero-order valence-corrected chi connectivity index (χ0v) is 41.6. The molecule has 346 valence electrons. The topological polar surface area (TPSA) is 24.9 Å². The lowest BCUT2D eigenvalue weighted by Crippen LogP contribution is -2.63. The van der Waals surface area contributed by atoms with Crippen LogP contribution in [0, 0.1) is 0 Å². The van der Waals surface area contributed by atoms with Gasteiger partial charge in [0.05, 0.1) is 0 Å². The quantitative estimate of drug-likeness (QED) is 0.141. The molecule has 0 aliphatic carbocycles. The van der Waals surface area contributed by atoms with Gasteiger partial charge in [-0.25, -0.2) is 0 Å². The minimum absolute atomic E-state index is 0.00788. The number of hydrogen-bond donors (Lipinski definition) is 0. The van der Waals surface area contributed by atoms with Gasteiger partial charge in [0.25, 0.3) is 0 Å². The van der Waals surface area contributed by atoms with Gasteiger partial charge in [0.2, 0.25) is 13.4 Å². The first-order chi connectivity index (χ1) is 36.7. The second-order valence-corrected chi connectivity index (χ2v) is 21.3. The summed E-state index contributed by atoms with van der Waals surface area (Å²) in [5.74, 6) is 3.21. The summed E-state index contributed by atoms with van der Waals surface area (Å²) >= 11 is 3.72. The van der Waals surface area contributed by atoms with Crippen LogP contribution in [0.15, 0.2) is 274 Å². The normalized spacial score (nSPS) is 13.2. The molecule has 0 spiro atoms. The second kappa shape index (κ2) is 17.6. The van der Waals surface area contributed by atoms with E-state index in [0.717, 1.165) is 56.9 Å². The van der Waals surface area contributed by atoms with Gasteiger partial charge in [0.15, 0.2) is 0 Å². The smallest absolute Gasteiger partial charge is 0.249 e. The van der Waals surface area contributed by atoms with Gasteiger partial charge >= 0.3 is 0 Å². The Morgan fingerprint density at radius 1 is 0.270 bits per heavy atom. The zero-order chi connectivity index (χ0) is 48.7. The molecule has 0 N–H and O–H groups in total. The third kappa shape index (κ3) is 7.20. The lowest BCUT2D eigenvalue weighted by atomic mass is 9.32. The highest BCUT2D eigenvalue weighted by atomic mass is 32.2. The Labute approximate surface area is 440 Å². The van der Waals surface area contributed by atoms with Crippen LogP contribution in [0.25, 0.3) is 22.3 Å². The molecule has 0 unspecified atom stereocenters. The number of fused-ring (bicyclic) bond motifs is 8. The van der Waals surface area contributed by atoms with Crippen molar-refractivity contribution in [3.05, 3.63) is 255 Å². The van der Waals surface area contributed by atoms with Gasteiger partial charge in [-0.2, -0.15) is 0 Å². The predicted molar refractivity (Wildman–Crippen MR) is 310 cm³/mol. The first-order valence-electron chi connectivity index (χ1n) is 25.1. The van der Waals surface area contributed by atoms with Crippen LogP contribution in [-0.2, 0) is 0 Å². The van der Waals surface area contributed by atoms with E-state index in [1.54, 1.807) is 0 Å². The molecule has 8 heteroatoms. The fraction of sp³-hybridized carbons (Fsp3) is 0. The molecule has 4 heterocycles. The largest absolute Gasteiger partial charge is 0.457 e. The van der Waals surface area contributed by atoms with E-state index in [1.807, 2.05) is 23.5 Å². The van der Waals surface area contributed by atoms with E-state index < -0.39 is 0 Å². The number of para-hydroxylation sites is 4. The van der Waals surface area contributed by atoms with Crippen molar-refractivity contribution in [3.63, 3.8) is 0 Å². The molecule has 0 atom stereocenters. The fourth-order valence-electron chi connectivity index (χ4n) is 11.6. The molecule has 0 bridgehead atoms. The van der Waals surface area contributed by atoms with Crippen LogP contribution in [0.4, 0.5) is 34.1 Å². The standard InChI is InChI=1S/C66H42B2N2O2S2/c1-5-17-43(18-6-1)45-29-33-49(34-30-45)71-51-37-59-65-63(39-51)73-61-42-62-56(41-55(61)67(65)53-25-13-15-27-57(53)69(59)47-21-9-3-10-22-47)68-54-26-14-16-28-58(54)70(48-23-11-4-12-24-48)60-38-52(40-64(74-62)66(60)68)72-50-35-31-46(32-36-50)44-19-7-2-8-20-44/h1-42H. The minimum atomic E-state index is -0.00788. The average molecular weight is 981 g/mol. The zero-order valence-electron chi connectivity index (χ0n) is 39.9. The molecule has 4 aliphatic heterocycles. The van der Waals surface area contributed by atoms with Crippen molar-refractivity contribution >= 4 is 104 Å². The Hall–Kier alpha value is -8.55. The molecule has 11 aromatic rings. The number of ether oxygens (including phenoxy) is 2. The van der Waals surface area contributed by atoms with Crippen molar-refractivity contribution < 1.29 is 9.47 Å². The Kier molecular flexibility index (Phi) is 10.2. The average Bonchev–Trinajstić information content (AvgIpc) is 3.46. The lowest BCUT2D eigenvalue weighted by Gasteiger charge is -2.42. The minimum Gasteiger partial charge on any atom is -0.457 e. The first kappa shape index (κ1) is 43.1. The Bertz CT molecular complexity index is 3720. The van der Waals surface area contributed by atoms with Crippen molar-refractivity contribution in [2.75, 3.05) is 9.80 Å². The van der Waals surface area contributed by atoms with E-state index in [4.69, 9.17) is 9.47 Å². The summed E-state index contributed by atoms with van der Waals surface area (Å²) in [4.78, 5) is 9.79. The summed E-state index contributed by atoms with van der Waals surface area (Å²) in [5, 5.41) is 0. The van der Waals surface area contributed by atoms with E-state index >= 15 is 0 Å². The monoisotopic (exact) mass is 980 g/mol. The summed E-state index contributed by atoms with van der Waals surface area (Å²) in [5.41, 5.74) is 19.4. The van der Waals surface area contributed by atoms with Gasteiger partial charge in [0.1, 0.15) is 23.0 Å². The van der Waals surface area contributed by atoms with Crippen molar-refractivity contribution in [1.29, 1.82) is 0 Å². The maximum absolute atomic E-state index is 6.87. The van der Waals surface area contributed by atoms with Gasteiger partial charge < -0.3 is 19.3 Å². The summed E-state index contributed by atoms with van der Waals surface area (Å²) in [6, 6.07) is 91.5. The molecule has 15 rings (SSSR count). The molecule has 74 heavy (non-hydrogen) atoms. The van der Waals surface area contributed by atoms with Crippen molar-refractivity contribution in [2.45, 2.75) is 19.6 Å². The lowest BCUT2D eigenvalue weighted by molar-refractivity contribution is 0.481. The molecule has 0 radical (unpaired) electrons. The Morgan fingerprint density at radius 3 is 1.05 bits per heavy atom. The van der Waals surface area contributed by atoms with Gasteiger partial charge in [-0.3, -0.25) is 0 Å². The molecule has 11 aromatic carbocycles. The van der Waals surface area contributed by atoms with Gasteiger partial charge in [-0.05, 0) is 123 Å². The number of anilines is 6. The molecule has 0 fully saturated rings. The molecule has 4 aliphatic rings. The van der Waals surface area contributed by atoms with Crippen molar-refractivity contribution in [2.24, 2.45) is 0 Å². The van der Waals surface area contributed by atoms with Crippen LogP contribution in [0.2, 0.25) is 0 Å². The van der Waals surface area contributed by atoms with Crippen LogP contribution in [0.1, 0.15) is 0 Å². The van der Waals surface area contributed by atoms with Crippen LogP contribution < -0.4 is 52.1 Å². The van der Waals surface area contributed by atoms with Gasteiger partial charge in [-0.1, -0.05) is 198 Å². The van der Waals surface area contributed by atoms with Gasteiger partial charge in [0, 0.05) is 65.8 Å². The fourth-order valence-corrected chi connectivity index (χ4v) is 14.1. The van der Waals surface area contributed by atoms with E-state index in [0.29, 0.717) is 0 Å². The SMILES string of the molecule is c1ccc(-c2ccc(Oc3cc4c5c(c3)N(c3ccccc3)c3ccccc3B5c3cc5c(cc3S4)Sc3cc(Oc4ccc(-c6ccccc6)cc4)cc4c3B5c3ccccc3N4c3ccccc3)cc2)cc1. The van der Waals surface area contributed by atoms with E-state index in [-0.39, 0.29) is 13.4 Å². The third-order valence-electron chi connectivity index (χ3n) is 14.9. The molecular weight excluding hydrogens is 938 g/mol. The van der Waals surface area contributed by atoms with Crippen LogP contribution >= 0.6 is 23.5 Å². The van der Waals surface area contributed by atoms with Crippen LogP contribution in [0.3, 0.4) is 0 Å². The van der Waals surface area contributed by atoms with Gasteiger partial charge in [-0.15, -0.1) is 0 Å². The number of rotatable bonds is 8. The van der Waals surface area contributed by atoms with Crippen LogP contribution in [-0.4, -0.2) is 13.4 Å². The maximum atomic E-state index is 6.87. The number of nitrogens with zero attached hydrogens (tertiary/aromatic N) is 2. The Morgan fingerprint density at radius 2 is 0.635 bits per heavy atom. The highest BCUT2D eigenvalue weighted by molar-refractivity contribution is 8.01. The Balaban J connectivity index is 0.881. The van der Waals surface area contributed by atoms with E-state index in [1.165, 1.54) is 74.9 Å². The predicted octanol–water partition coefficient (Wildman–Crippen LogP) is 14.1. The van der Waals surface area contributed by atoms with Crippen molar-refractivity contribution in [3.8, 4) is 45.3 Å². The summed E-state index contributed by atoms with van der Waals surface area (Å²) in [6.07, 6.45) is 0. The van der Waals surface area contributed by atoms with Crippen molar-refractivity contribution in [1.82, 2.24) is 0 Å². The molecular formula is C66H42B2N2O2S2. The highest BCUT2D eigenvalue weighted by Crippen LogP contribution is 2.48. The number of hydrogen-bond acceptors (Lipinski definition) is 6. The number of benzene rings is 11. The molecule has 0 saturated heterocycles. The first-order valence-corrected chi connectivity index (χ1v) is 26.7. The molecule has 0 amide bonds. The summed E-state index contributed by atoms with van der Waals surface area (Å²) < 4.78 is 13.7. The molecule has 4 nitrogen and oxygen atoms in total.